The number of rotatable bonds is 8. The van der Waals surface area contributed by atoms with Crippen molar-refractivity contribution < 1.29 is 33.3 Å². The number of fused-ring (bicyclic) bond motifs is 1. The molecule has 2 saturated heterocycles. The number of esters is 3. The van der Waals surface area contributed by atoms with Crippen molar-refractivity contribution in [2.24, 2.45) is 11.8 Å². The quantitative estimate of drug-likeness (QED) is 0.188. The molecule has 0 N–H and O–H groups in total. The third-order valence-electron chi connectivity index (χ3n) is 6.29. The fourth-order valence-corrected chi connectivity index (χ4v) is 4.77. The molecule has 0 bridgehead atoms. The van der Waals surface area contributed by atoms with Crippen LogP contribution in [0.1, 0.15) is 40.0 Å². The van der Waals surface area contributed by atoms with Gasteiger partial charge in [-0.3, -0.25) is 14.5 Å². The monoisotopic (exact) mass is 435 g/mol. The Kier molecular flexibility index (Phi) is 7.89. The minimum atomic E-state index is -0.574. The van der Waals surface area contributed by atoms with E-state index < -0.39 is 12.1 Å². The highest BCUT2D eigenvalue weighted by Gasteiger charge is 2.50. The van der Waals surface area contributed by atoms with Gasteiger partial charge in [0.1, 0.15) is 12.2 Å². The van der Waals surface area contributed by atoms with E-state index >= 15 is 0 Å². The lowest BCUT2D eigenvalue weighted by Crippen LogP contribution is -2.44. The Balaban J connectivity index is 1.74. The third-order valence-corrected chi connectivity index (χ3v) is 6.29. The van der Waals surface area contributed by atoms with Crippen molar-refractivity contribution in [1.29, 1.82) is 0 Å². The van der Waals surface area contributed by atoms with E-state index in [1.54, 1.807) is 0 Å². The van der Waals surface area contributed by atoms with Crippen LogP contribution in [-0.2, 0) is 33.3 Å². The molecule has 0 aromatic heterocycles. The largest absolute Gasteiger partial charge is 0.466 e. The van der Waals surface area contributed by atoms with Gasteiger partial charge in [-0.05, 0) is 31.3 Å². The molecule has 0 radical (unpaired) electrons. The summed E-state index contributed by atoms with van der Waals surface area (Å²) < 4.78 is 21.9. The first-order chi connectivity index (χ1) is 14.8. The van der Waals surface area contributed by atoms with Gasteiger partial charge in [0.05, 0.1) is 32.3 Å². The van der Waals surface area contributed by atoms with Gasteiger partial charge in [0, 0.05) is 32.0 Å². The molecule has 3 aliphatic rings. The van der Waals surface area contributed by atoms with Gasteiger partial charge in [0.25, 0.3) is 0 Å². The first-order valence-corrected chi connectivity index (χ1v) is 11.0. The zero-order valence-electron chi connectivity index (χ0n) is 18.7. The summed E-state index contributed by atoms with van der Waals surface area (Å²) in [6.45, 7) is 12.5. The second kappa shape index (κ2) is 10.4. The first kappa shape index (κ1) is 23.5. The number of hydrogen-bond acceptors (Lipinski definition) is 8. The standard InChI is InChI=1S/C23H33NO7/c1-14(6-5-9-29-17(4)25)20-15(2)12-18-21(16(3)23(27)30-18)22(20)31-19(26)13-24-7-10-28-11-8-24/h14,18,21-22H,3,5-13H2,1-2,4H3/t14-,18+,21+,22+/m0/s1. The average molecular weight is 436 g/mol. The van der Waals surface area contributed by atoms with Crippen molar-refractivity contribution in [1.82, 2.24) is 4.90 Å². The van der Waals surface area contributed by atoms with Crippen molar-refractivity contribution in [3.8, 4) is 0 Å². The van der Waals surface area contributed by atoms with E-state index in [4.69, 9.17) is 18.9 Å². The molecule has 0 aromatic rings. The van der Waals surface area contributed by atoms with Crippen LogP contribution in [0.3, 0.4) is 0 Å². The van der Waals surface area contributed by atoms with Gasteiger partial charge in [0.2, 0.25) is 0 Å². The van der Waals surface area contributed by atoms with E-state index in [9.17, 15) is 14.4 Å². The molecule has 31 heavy (non-hydrogen) atoms. The normalized spacial score (nSPS) is 27.5. The maximum absolute atomic E-state index is 12.8. The molecule has 3 rings (SSSR count). The van der Waals surface area contributed by atoms with Crippen molar-refractivity contribution in [3.63, 3.8) is 0 Å². The molecule has 0 amide bonds. The minimum absolute atomic E-state index is 0.0983. The van der Waals surface area contributed by atoms with Crippen LogP contribution in [0.5, 0.6) is 0 Å². The highest BCUT2D eigenvalue weighted by Crippen LogP contribution is 2.45. The Labute approximate surface area is 183 Å². The molecule has 8 nitrogen and oxygen atoms in total. The van der Waals surface area contributed by atoms with E-state index in [0.717, 1.165) is 17.6 Å². The van der Waals surface area contributed by atoms with E-state index in [-0.39, 0.29) is 36.4 Å². The van der Waals surface area contributed by atoms with Crippen molar-refractivity contribution >= 4 is 17.9 Å². The molecule has 172 valence electrons. The summed E-state index contributed by atoms with van der Waals surface area (Å²) in [5, 5.41) is 0. The maximum Gasteiger partial charge on any atom is 0.334 e. The van der Waals surface area contributed by atoms with Crippen molar-refractivity contribution in [2.75, 3.05) is 39.5 Å². The van der Waals surface area contributed by atoms with Crippen LogP contribution >= 0.6 is 0 Å². The van der Waals surface area contributed by atoms with Gasteiger partial charge in [-0.2, -0.15) is 0 Å². The van der Waals surface area contributed by atoms with E-state index in [1.165, 1.54) is 6.92 Å². The van der Waals surface area contributed by atoms with Crippen LogP contribution < -0.4 is 0 Å². The number of ether oxygens (including phenoxy) is 4. The second-order valence-electron chi connectivity index (χ2n) is 8.62. The molecule has 1 aliphatic carbocycles. The summed E-state index contributed by atoms with van der Waals surface area (Å²) in [5.74, 6) is -1.30. The lowest BCUT2D eigenvalue weighted by atomic mass is 9.73. The lowest BCUT2D eigenvalue weighted by Gasteiger charge is -2.38. The van der Waals surface area contributed by atoms with E-state index in [1.807, 2.05) is 11.8 Å². The predicted molar refractivity (Wildman–Crippen MR) is 112 cm³/mol. The molecular weight excluding hydrogens is 402 g/mol. The number of hydrogen-bond donors (Lipinski definition) is 0. The maximum atomic E-state index is 12.8. The molecule has 8 heteroatoms. The van der Waals surface area contributed by atoms with E-state index in [0.29, 0.717) is 51.3 Å². The summed E-state index contributed by atoms with van der Waals surface area (Å²) in [7, 11) is 0. The highest BCUT2D eigenvalue weighted by atomic mass is 16.6. The number of carbonyl (C=O) groups is 3. The zero-order chi connectivity index (χ0) is 22.5. The fraction of sp³-hybridized carbons (Fsp3) is 0.696. The molecular formula is C23H33NO7. The number of nitrogens with zero attached hydrogens (tertiary/aromatic N) is 1. The second-order valence-corrected chi connectivity index (χ2v) is 8.62. The molecule has 2 aliphatic heterocycles. The van der Waals surface area contributed by atoms with Crippen LogP contribution in [0.4, 0.5) is 0 Å². The van der Waals surface area contributed by atoms with Gasteiger partial charge in [0.15, 0.2) is 0 Å². The zero-order valence-corrected chi connectivity index (χ0v) is 18.7. The fourth-order valence-electron chi connectivity index (χ4n) is 4.77. The summed E-state index contributed by atoms with van der Waals surface area (Å²) >= 11 is 0. The molecule has 2 fully saturated rings. The van der Waals surface area contributed by atoms with Crippen LogP contribution in [0.2, 0.25) is 0 Å². The van der Waals surface area contributed by atoms with Gasteiger partial charge in [-0.25, -0.2) is 4.79 Å². The predicted octanol–water partition coefficient (Wildman–Crippen LogP) is 2.03. The van der Waals surface area contributed by atoms with Crippen LogP contribution in [-0.4, -0.2) is 74.5 Å². The minimum Gasteiger partial charge on any atom is -0.466 e. The average Bonchev–Trinajstić information content (AvgIpc) is 2.99. The highest BCUT2D eigenvalue weighted by molar-refractivity contribution is 5.91. The summed E-state index contributed by atoms with van der Waals surface area (Å²) in [6, 6.07) is 0. The molecule has 0 spiro atoms. The SMILES string of the molecule is C=C1C(=O)O[C@@H]2CC(C)=C([C@@H](C)CCCOC(C)=O)[C@@H](OC(=O)CN3CCOCC3)[C@H]12. The molecule has 2 heterocycles. The molecule has 0 unspecified atom stereocenters. The number of carbonyl (C=O) groups excluding carboxylic acids is 3. The van der Waals surface area contributed by atoms with Crippen molar-refractivity contribution in [3.05, 3.63) is 23.3 Å². The van der Waals surface area contributed by atoms with E-state index in [2.05, 4.69) is 13.5 Å². The third kappa shape index (κ3) is 5.74. The van der Waals surface area contributed by atoms with Crippen LogP contribution in [0.15, 0.2) is 23.3 Å². The summed E-state index contributed by atoms with van der Waals surface area (Å²) in [5.41, 5.74) is 2.47. The van der Waals surface area contributed by atoms with Gasteiger partial charge in [-0.1, -0.05) is 19.1 Å². The molecule has 4 atom stereocenters. The van der Waals surface area contributed by atoms with Crippen LogP contribution in [0.25, 0.3) is 0 Å². The Hall–Kier alpha value is -2.19. The topological polar surface area (TPSA) is 91.4 Å². The lowest BCUT2D eigenvalue weighted by molar-refractivity contribution is -0.153. The summed E-state index contributed by atoms with van der Waals surface area (Å²) in [6.07, 6.45) is 1.16. The van der Waals surface area contributed by atoms with Gasteiger partial charge in [-0.15, -0.1) is 0 Å². The van der Waals surface area contributed by atoms with Crippen molar-refractivity contribution in [2.45, 2.75) is 52.2 Å². The smallest absolute Gasteiger partial charge is 0.334 e. The Bertz CT molecular complexity index is 753. The van der Waals surface area contributed by atoms with Crippen LogP contribution in [0, 0.1) is 11.8 Å². The summed E-state index contributed by atoms with van der Waals surface area (Å²) in [4.78, 5) is 38.0. The Morgan fingerprint density at radius 1 is 1.29 bits per heavy atom. The first-order valence-electron chi connectivity index (χ1n) is 11.0. The molecule has 0 saturated carbocycles. The Morgan fingerprint density at radius 3 is 2.68 bits per heavy atom. The molecule has 0 aromatic carbocycles. The van der Waals surface area contributed by atoms with Gasteiger partial charge >= 0.3 is 17.9 Å². The van der Waals surface area contributed by atoms with Gasteiger partial charge < -0.3 is 18.9 Å². The number of morpholine rings is 1. The Morgan fingerprint density at radius 2 is 2.00 bits per heavy atom.